The Morgan fingerprint density at radius 3 is 2.26 bits per heavy atom. The summed E-state index contributed by atoms with van der Waals surface area (Å²) in [5, 5.41) is 13.0. The van der Waals surface area contributed by atoms with Crippen LogP contribution in [0.3, 0.4) is 0 Å². The van der Waals surface area contributed by atoms with Crippen LogP contribution in [0.25, 0.3) is 10.9 Å². The Kier molecular flexibility index (Phi) is 17.7. The molecular weight excluding hydrogens is 787 g/mol. The first-order valence-electron chi connectivity index (χ1n) is 19.8. The van der Waals surface area contributed by atoms with E-state index in [9.17, 15) is 23.1 Å². The van der Waals surface area contributed by atoms with Crippen molar-refractivity contribution in [2.45, 2.75) is 105 Å². The van der Waals surface area contributed by atoms with Crippen molar-refractivity contribution < 1.29 is 23.2 Å². The van der Waals surface area contributed by atoms with Crippen LogP contribution in [0.15, 0.2) is 64.4 Å². The quantitative estimate of drug-likeness (QED) is 0.0494. The number of aryl methyl sites for hydroxylation is 1. The minimum Gasteiger partial charge on any atom is -0.406 e. The maximum atomic E-state index is 14.4. The Hall–Kier alpha value is -4.17. The minimum absolute atomic E-state index is 0.0199. The van der Waals surface area contributed by atoms with Gasteiger partial charge < -0.3 is 20.2 Å². The summed E-state index contributed by atoms with van der Waals surface area (Å²) in [4.78, 5) is 45.7. The summed E-state index contributed by atoms with van der Waals surface area (Å²) in [6.45, 7) is 10.6. The van der Waals surface area contributed by atoms with Crippen LogP contribution in [0.2, 0.25) is 10.0 Å². The van der Waals surface area contributed by atoms with Crippen molar-refractivity contribution >= 4 is 78.5 Å². The van der Waals surface area contributed by atoms with E-state index in [0.29, 0.717) is 35.8 Å². The van der Waals surface area contributed by atoms with Gasteiger partial charge in [0.05, 0.1) is 45.3 Å². The number of sulfonamides is 1. The van der Waals surface area contributed by atoms with E-state index in [1.807, 2.05) is 30.9 Å². The maximum Gasteiger partial charge on any atom is 0.294 e. The van der Waals surface area contributed by atoms with E-state index >= 15 is 0 Å². The number of halogens is 2. The third kappa shape index (κ3) is 13.4. The molecule has 15 heteroatoms. The number of aromatic nitrogens is 2. The minimum atomic E-state index is -3.69. The van der Waals surface area contributed by atoms with E-state index in [1.54, 1.807) is 32.0 Å². The molecule has 310 valence electrons. The lowest BCUT2D eigenvalue weighted by molar-refractivity contribution is -0.110. The van der Waals surface area contributed by atoms with E-state index in [0.717, 1.165) is 29.7 Å². The molecule has 0 saturated carbocycles. The number of unbranched alkanes of at least 4 members (excludes halogenated alkanes) is 9. The molecule has 0 fully saturated rings. The molecule has 3 aromatic carbocycles. The van der Waals surface area contributed by atoms with E-state index in [-0.39, 0.29) is 51.2 Å². The molecule has 0 spiro atoms. The zero-order valence-corrected chi connectivity index (χ0v) is 35.9. The van der Waals surface area contributed by atoms with Crippen LogP contribution in [0, 0.1) is 6.92 Å². The summed E-state index contributed by atoms with van der Waals surface area (Å²) in [5.41, 5.74) is 1.68. The highest BCUT2D eigenvalue weighted by Crippen LogP contribution is 2.29. The van der Waals surface area contributed by atoms with Crippen molar-refractivity contribution in [2.24, 2.45) is 4.99 Å². The summed E-state index contributed by atoms with van der Waals surface area (Å²) in [6.07, 6.45) is 10.4. The third-order valence-electron chi connectivity index (χ3n) is 9.32. The van der Waals surface area contributed by atoms with Crippen LogP contribution in [0.5, 0.6) is 0 Å². The Morgan fingerprint density at radius 1 is 0.947 bits per heavy atom. The molecule has 0 bridgehead atoms. The lowest BCUT2D eigenvalue weighted by atomic mass is 10.1. The van der Waals surface area contributed by atoms with Gasteiger partial charge in [-0.2, -0.15) is 0 Å². The molecule has 12 nitrogen and oxygen atoms in total. The summed E-state index contributed by atoms with van der Waals surface area (Å²) >= 11 is 12.8. The summed E-state index contributed by atoms with van der Waals surface area (Å²) in [5.74, 6) is -1.00. The van der Waals surface area contributed by atoms with Gasteiger partial charge in [-0.3, -0.25) is 14.3 Å². The van der Waals surface area contributed by atoms with E-state index < -0.39 is 27.6 Å². The third-order valence-corrected chi connectivity index (χ3v) is 11.3. The highest BCUT2D eigenvalue weighted by Gasteiger charge is 2.26. The van der Waals surface area contributed by atoms with Gasteiger partial charge in [0.2, 0.25) is 15.8 Å². The number of nitrogens with zero attached hydrogens (tertiary/aromatic N) is 4. The van der Waals surface area contributed by atoms with Crippen molar-refractivity contribution in [3.63, 3.8) is 0 Å². The average molecular weight is 844 g/mol. The molecular formula is C42H56Cl2N6O6S. The van der Waals surface area contributed by atoms with Gasteiger partial charge in [-0.25, -0.2) is 18.4 Å². The summed E-state index contributed by atoms with van der Waals surface area (Å²) in [6, 6.07) is 14.5. The highest BCUT2D eigenvalue weighted by atomic mass is 35.5. The topological polar surface area (TPSA) is 155 Å². The number of aliphatic hydroxyl groups excluding tert-OH is 1. The number of amides is 1. The number of aliphatic imine (C=N–C) groups is 1. The van der Waals surface area contributed by atoms with Gasteiger partial charge in [0.1, 0.15) is 6.10 Å². The molecule has 0 saturated heterocycles. The molecule has 57 heavy (non-hydrogen) atoms. The van der Waals surface area contributed by atoms with Crippen LogP contribution in [-0.4, -0.2) is 66.4 Å². The second kappa shape index (κ2) is 22.1. The van der Waals surface area contributed by atoms with Crippen molar-refractivity contribution in [2.75, 3.05) is 40.4 Å². The van der Waals surface area contributed by atoms with Crippen molar-refractivity contribution in [1.82, 2.24) is 9.71 Å². The first kappa shape index (κ1) is 45.5. The number of aliphatic hydroxyl groups is 1. The van der Waals surface area contributed by atoms with Crippen LogP contribution < -0.4 is 25.3 Å². The monoisotopic (exact) mass is 842 g/mol. The number of nitrogens with one attached hydrogen (secondary N) is 2. The SMILES string of the molecule is CCCCCCCCCCCCS(=O)(=O)Nc1ccc(Cl)c(NC(=O)C(=Nc2ccc(N(CC)CCO)cc2C)c2nc3ccc(Cl)cc3c(=O)n2OC(C)C)c1. The molecule has 0 aliphatic heterocycles. The number of rotatable bonds is 23. The van der Waals surface area contributed by atoms with E-state index in [2.05, 4.69) is 21.9 Å². The molecule has 4 rings (SSSR count). The van der Waals surface area contributed by atoms with Gasteiger partial charge in [0, 0.05) is 23.8 Å². The van der Waals surface area contributed by atoms with Crippen molar-refractivity contribution in [3.05, 3.63) is 86.4 Å². The second-order valence-corrected chi connectivity index (χ2v) is 17.0. The second-order valence-electron chi connectivity index (χ2n) is 14.3. The molecule has 4 aromatic rings. The normalized spacial score (nSPS) is 12.0. The number of hydrogen-bond donors (Lipinski definition) is 3. The highest BCUT2D eigenvalue weighted by molar-refractivity contribution is 7.92. The molecule has 0 aliphatic carbocycles. The van der Waals surface area contributed by atoms with Gasteiger partial charge in [0.25, 0.3) is 11.5 Å². The standard InChI is InChI=1S/C42H56Cl2N6O6S/c1-6-8-9-10-11-12-13-14-15-16-25-57(54,55)48-32-18-20-35(44)38(28-32)47-41(52)39(45-36-22-19-33(26-30(36)5)49(7-2)23-24-51)40-46-37-21-17-31(43)27-34(37)42(53)50(40)56-29(3)4/h17-22,26-29,48,51H,6-16,23-25H2,1-5H3,(H,47,52). The molecule has 1 amide bonds. The van der Waals surface area contributed by atoms with Crippen LogP contribution >= 0.6 is 23.2 Å². The number of benzene rings is 3. The smallest absolute Gasteiger partial charge is 0.294 e. The number of fused-ring (bicyclic) bond motifs is 1. The van der Waals surface area contributed by atoms with Gasteiger partial charge in [-0.15, -0.1) is 4.73 Å². The fourth-order valence-electron chi connectivity index (χ4n) is 6.35. The lowest BCUT2D eigenvalue weighted by Crippen LogP contribution is -2.39. The molecule has 0 atom stereocenters. The average Bonchev–Trinajstić information content (AvgIpc) is 3.16. The fraction of sp³-hybridized carbons (Fsp3) is 0.476. The molecule has 0 radical (unpaired) electrons. The van der Waals surface area contributed by atoms with Crippen molar-refractivity contribution in [1.29, 1.82) is 0 Å². The lowest BCUT2D eigenvalue weighted by Gasteiger charge is -2.23. The Bertz CT molecular complexity index is 2180. The molecule has 0 unspecified atom stereocenters. The molecule has 3 N–H and O–H groups in total. The van der Waals surface area contributed by atoms with Gasteiger partial charge in [-0.1, -0.05) is 87.9 Å². The zero-order chi connectivity index (χ0) is 41.5. The van der Waals surface area contributed by atoms with Gasteiger partial charge in [0.15, 0.2) is 5.71 Å². The number of likely N-dealkylation sites (N-methyl/N-ethyl adjacent to an activating group) is 1. The number of carbonyl (C=O) groups is 1. The van der Waals surface area contributed by atoms with Crippen LogP contribution in [-0.2, 0) is 14.8 Å². The molecule has 1 heterocycles. The fourth-order valence-corrected chi connectivity index (χ4v) is 7.86. The number of carbonyl (C=O) groups excluding carboxylic acids is 1. The largest absolute Gasteiger partial charge is 0.406 e. The molecule has 1 aromatic heterocycles. The summed E-state index contributed by atoms with van der Waals surface area (Å²) < 4.78 is 29.7. The first-order chi connectivity index (χ1) is 27.3. The number of hydrogen-bond acceptors (Lipinski definition) is 9. The Labute approximate surface area is 346 Å². The predicted octanol–water partition coefficient (Wildman–Crippen LogP) is 9.09. The predicted molar refractivity (Wildman–Crippen MR) is 234 cm³/mol. The Balaban J connectivity index is 1.65. The van der Waals surface area contributed by atoms with Gasteiger partial charge in [-0.05, 0) is 94.3 Å². The first-order valence-corrected chi connectivity index (χ1v) is 22.2. The number of anilines is 3. The van der Waals surface area contributed by atoms with E-state index in [4.69, 9.17) is 33.0 Å². The van der Waals surface area contributed by atoms with E-state index in [1.165, 1.54) is 62.8 Å². The van der Waals surface area contributed by atoms with Crippen LogP contribution in [0.4, 0.5) is 22.7 Å². The maximum absolute atomic E-state index is 14.4. The Morgan fingerprint density at radius 2 is 1.63 bits per heavy atom. The molecule has 0 aliphatic rings. The zero-order valence-electron chi connectivity index (χ0n) is 33.6. The van der Waals surface area contributed by atoms with Crippen molar-refractivity contribution in [3.8, 4) is 0 Å². The summed E-state index contributed by atoms with van der Waals surface area (Å²) in [7, 11) is -3.69. The van der Waals surface area contributed by atoms with Crippen LogP contribution in [0.1, 0.15) is 103 Å². The van der Waals surface area contributed by atoms with Gasteiger partial charge >= 0.3 is 0 Å².